The van der Waals surface area contributed by atoms with E-state index in [2.05, 4.69) is 5.32 Å². The Kier molecular flexibility index (Phi) is 6.57. The number of nitrogens with zero attached hydrogens (tertiary/aromatic N) is 3. The smallest absolute Gasteiger partial charge is 0.277 e. The molecule has 0 saturated heterocycles. The second-order valence-corrected chi connectivity index (χ2v) is 7.22. The molecule has 1 aromatic heterocycles. The van der Waals surface area contributed by atoms with Crippen LogP contribution in [0.25, 0.3) is 0 Å². The lowest BCUT2D eigenvalue weighted by molar-refractivity contribution is 0.0695. The first-order chi connectivity index (χ1) is 14.8. The summed E-state index contributed by atoms with van der Waals surface area (Å²) in [5.41, 5.74) is -1.54. The lowest BCUT2D eigenvalue weighted by Crippen LogP contribution is -2.54. The fourth-order valence-electron chi connectivity index (χ4n) is 3.35. The number of aromatic hydroxyl groups is 1. The average Bonchev–Trinajstić information content (AvgIpc) is 2.74. The van der Waals surface area contributed by atoms with E-state index in [1.165, 1.54) is 21.8 Å². The van der Waals surface area contributed by atoms with E-state index in [1.54, 1.807) is 11.9 Å². The van der Waals surface area contributed by atoms with Crippen LogP contribution in [0.4, 0.5) is 8.78 Å². The Balaban J connectivity index is 1.95. The van der Waals surface area contributed by atoms with Crippen LogP contribution in [0.5, 0.6) is 5.75 Å². The van der Waals surface area contributed by atoms with Crippen LogP contribution in [0.15, 0.2) is 29.2 Å². The third kappa shape index (κ3) is 4.37. The fraction of sp³-hybridized carbons (Fsp3) is 0.381. The molecule has 1 aliphatic heterocycles. The number of rotatable bonds is 7. The number of benzene rings is 1. The molecule has 10 heteroatoms. The monoisotopic (exact) mass is 434 g/mol. The molecule has 0 aliphatic carbocycles. The second-order valence-electron chi connectivity index (χ2n) is 7.22. The third-order valence-electron chi connectivity index (χ3n) is 5.14. The van der Waals surface area contributed by atoms with E-state index in [0.29, 0.717) is 19.2 Å². The molecule has 2 aromatic rings. The highest BCUT2D eigenvalue weighted by atomic mass is 19.1. The van der Waals surface area contributed by atoms with E-state index >= 15 is 0 Å². The summed E-state index contributed by atoms with van der Waals surface area (Å²) in [7, 11) is 0. The minimum atomic E-state index is -0.995. The van der Waals surface area contributed by atoms with E-state index < -0.39 is 34.6 Å². The molecule has 2 heterocycles. The van der Waals surface area contributed by atoms with Gasteiger partial charge in [0.15, 0.2) is 11.4 Å². The van der Waals surface area contributed by atoms with Crippen molar-refractivity contribution in [2.45, 2.75) is 33.2 Å². The molecule has 31 heavy (non-hydrogen) atoms. The van der Waals surface area contributed by atoms with Gasteiger partial charge < -0.3 is 15.3 Å². The molecular weight excluding hydrogens is 410 g/mol. The molecule has 166 valence electrons. The number of unbranched alkanes of at least 4 members (excludes halogenated alkanes) is 1. The van der Waals surface area contributed by atoms with Crippen LogP contribution in [-0.4, -0.2) is 46.3 Å². The van der Waals surface area contributed by atoms with Crippen molar-refractivity contribution in [1.82, 2.24) is 14.9 Å². The Hall–Kier alpha value is -3.43. The minimum absolute atomic E-state index is 0.0374. The number of hydrogen-bond acceptors (Lipinski definition) is 5. The van der Waals surface area contributed by atoms with Gasteiger partial charge in [-0.15, -0.1) is 0 Å². The number of hydrogen-bond donors (Lipinski definition) is 2. The van der Waals surface area contributed by atoms with Gasteiger partial charge in [-0.3, -0.25) is 24.1 Å². The van der Waals surface area contributed by atoms with Gasteiger partial charge in [-0.2, -0.15) is 0 Å². The lowest BCUT2D eigenvalue weighted by atomic mass is 10.1. The van der Waals surface area contributed by atoms with Gasteiger partial charge in [-0.25, -0.2) is 8.78 Å². The SMILES string of the molecule is CCCCN1CN(CC)C(=O)c2c(O)c(=O)c(C(=O)NCc3ccc(F)cc3F)cn21. The van der Waals surface area contributed by atoms with Crippen LogP contribution in [0.3, 0.4) is 0 Å². The van der Waals surface area contributed by atoms with Crippen LogP contribution in [0.2, 0.25) is 0 Å². The average molecular weight is 434 g/mol. The Labute approximate surface area is 177 Å². The lowest BCUT2D eigenvalue weighted by Gasteiger charge is -2.39. The Morgan fingerprint density at radius 1 is 1.23 bits per heavy atom. The van der Waals surface area contributed by atoms with Gasteiger partial charge in [0.2, 0.25) is 5.43 Å². The van der Waals surface area contributed by atoms with Crippen LogP contribution >= 0.6 is 0 Å². The second kappa shape index (κ2) is 9.15. The molecule has 8 nitrogen and oxygen atoms in total. The molecule has 0 bridgehead atoms. The Morgan fingerprint density at radius 2 is 1.97 bits per heavy atom. The number of nitrogens with one attached hydrogen (secondary N) is 1. The number of fused-ring (bicyclic) bond motifs is 1. The standard InChI is InChI=1S/C21H24F2N4O4/c1-3-5-8-26-12-25(4-2)21(31)17-19(29)18(28)15(11-27(17)26)20(30)24-10-13-6-7-14(22)9-16(13)23/h6-7,9,11,29H,3-5,8,10,12H2,1-2H3,(H,24,30). The van der Waals surface area contributed by atoms with E-state index in [-0.39, 0.29) is 30.0 Å². The van der Waals surface area contributed by atoms with Crippen molar-refractivity contribution in [2.75, 3.05) is 24.8 Å². The molecule has 0 saturated carbocycles. The maximum atomic E-state index is 13.8. The molecule has 0 fully saturated rings. The van der Waals surface area contributed by atoms with Crippen molar-refractivity contribution in [1.29, 1.82) is 0 Å². The van der Waals surface area contributed by atoms with E-state index in [1.807, 2.05) is 6.92 Å². The highest BCUT2D eigenvalue weighted by Gasteiger charge is 2.33. The number of amides is 2. The summed E-state index contributed by atoms with van der Waals surface area (Å²) in [6.45, 7) is 4.68. The molecule has 1 aromatic carbocycles. The van der Waals surface area contributed by atoms with Crippen LogP contribution in [0.1, 0.15) is 53.1 Å². The van der Waals surface area contributed by atoms with Gasteiger partial charge in [-0.1, -0.05) is 19.4 Å². The molecule has 0 unspecified atom stereocenters. The van der Waals surface area contributed by atoms with E-state index in [9.17, 15) is 28.3 Å². The summed E-state index contributed by atoms with van der Waals surface area (Å²) >= 11 is 0. The molecule has 0 atom stereocenters. The van der Waals surface area contributed by atoms with E-state index in [4.69, 9.17) is 0 Å². The zero-order valence-electron chi connectivity index (χ0n) is 17.3. The topological polar surface area (TPSA) is 94.9 Å². The number of carbonyl (C=O) groups excluding carboxylic acids is 2. The predicted octanol–water partition coefficient (Wildman–Crippen LogP) is 1.93. The van der Waals surface area contributed by atoms with Gasteiger partial charge in [0.25, 0.3) is 11.8 Å². The third-order valence-corrected chi connectivity index (χ3v) is 5.14. The first kappa shape index (κ1) is 22.3. The van der Waals surface area contributed by atoms with Gasteiger partial charge in [0.05, 0.1) is 0 Å². The molecular formula is C21H24F2N4O4. The summed E-state index contributed by atoms with van der Waals surface area (Å²) in [6, 6.07) is 2.94. The molecule has 2 amide bonds. The summed E-state index contributed by atoms with van der Waals surface area (Å²) in [4.78, 5) is 39.5. The number of aromatic nitrogens is 1. The number of carbonyl (C=O) groups is 2. The van der Waals surface area contributed by atoms with Crippen molar-refractivity contribution in [2.24, 2.45) is 0 Å². The largest absolute Gasteiger partial charge is 0.502 e. The summed E-state index contributed by atoms with van der Waals surface area (Å²) in [5.74, 6) is -3.75. The van der Waals surface area contributed by atoms with E-state index in [0.717, 1.165) is 18.9 Å². The molecule has 1 aliphatic rings. The highest BCUT2D eigenvalue weighted by molar-refractivity contribution is 5.99. The molecule has 3 rings (SSSR count). The van der Waals surface area contributed by atoms with Gasteiger partial charge in [0, 0.05) is 37.5 Å². The highest BCUT2D eigenvalue weighted by Crippen LogP contribution is 2.21. The number of pyridine rings is 1. The van der Waals surface area contributed by atoms with Crippen molar-refractivity contribution < 1.29 is 23.5 Å². The summed E-state index contributed by atoms with van der Waals surface area (Å²) in [6.07, 6.45) is 2.90. The first-order valence-electron chi connectivity index (χ1n) is 10.0. The molecule has 0 radical (unpaired) electrons. The fourth-order valence-corrected chi connectivity index (χ4v) is 3.35. The zero-order valence-corrected chi connectivity index (χ0v) is 17.3. The van der Waals surface area contributed by atoms with Gasteiger partial charge in [-0.05, 0) is 19.4 Å². The summed E-state index contributed by atoms with van der Waals surface area (Å²) < 4.78 is 28.2. The van der Waals surface area contributed by atoms with Crippen LogP contribution in [0, 0.1) is 11.6 Å². The van der Waals surface area contributed by atoms with Crippen LogP contribution in [-0.2, 0) is 6.54 Å². The Bertz CT molecular complexity index is 1070. The van der Waals surface area contributed by atoms with Gasteiger partial charge in [0.1, 0.15) is 23.9 Å². The summed E-state index contributed by atoms with van der Waals surface area (Å²) in [5, 5.41) is 14.6. The zero-order chi connectivity index (χ0) is 22.7. The van der Waals surface area contributed by atoms with Crippen LogP contribution < -0.4 is 15.8 Å². The predicted molar refractivity (Wildman–Crippen MR) is 109 cm³/mol. The first-order valence-corrected chi connectivity index (χ1v) is 10.0. The van der Waals surface area contributed by atoms with Crippen molar-refractivity contribution in [3.63, 3.8) is 0 Å². The maximum Gasteiger partial charge on any atom is 0.277 e. The molecule has 0 spiro atoms. The Morgan fingerprint density at radius 3 is 2.61 bits per heavy atom. The van der Waals surface area contributed by atoms with Crippen molar-refractivity contribution in [3.8, 4) is 5.75 Å². The maximum absolute atomic E-state index is 13.8. The quantitative estimate of drug-likeness (QED) is 0.695. The van der Waals surface area contributed by atoms with Gasteiger partial charge >= 0.3 is 0 Å². The normalized spacial score (nSPS) is 13.4. The minimum Gasteiger partial charge on any atom is -0.502 e. The molecule has 2 N–H and O–H groups in total. The van der Waals surface area contributed by atoms with Crippen molar-refractivity contribution >= 4 is 11.8 Å². The number of halogens is 2. The van der Waals surface area contributed by atoms with Crippen molar-refractivity contribution in [3.05, 3.63) is 63.1 Å².